The topological polar surface area (TPSA) is 74.6 Å². The summed E-state index contributed by atoms with van der Waals surface area (Å²) >= 11 is 0. The van der Waals surface area contributed by atoms with Crippen molar-refractivity contribution in [2.75, 3.05) is 0 Å². The molecule has 4 heteroatoms. The predicted molar refractivity (Wildman–Crippen MR) is 88.9 cm³/mol. The summed E-state index contributed by atoms with van der Waals surface area (Å²) in [5.41, 5.74) is 0. The van der Waals surface area contributed by atoms with Crippen LogP contribution in [0.5, 0.6) is 0 Å². The molecule has 0 spiro atoms. The molecule has 0 heterocycles. The van der Waals surface area contributed by atoms with Gasteiger partial charge in [0.2, 0.25) is 0 Å². The summed E-state index contributed by atoms with van der Waals surface area (Å²) in [6.45, 7) is 6.51. The monoisotopic (exact) mass is 314 g/mol. The molecule has 0 radical (unpaired) electrons. The molecule has 0 aromatic rings. The number of carboxylic acid groups (broad SMARTS) is 2. The lowest BCUT2D eigenvalue weighted by Gasteiger charge is -2.21. The van der Waals surface area contributed by atoms with Crippen molar-refractivity contribution in [3.8, 4) is 0 Å². The van der Waals surface area contributed by atoms with E-state index in [2.05, 4.69) is 13.8 Å². The molecule has 22 heavy (non-hydrogen) atoms. The minimum absolute atomic E-state index is 0.235. The highest BCUT2D eigenvalue weighted by Gasteiger charge is 2.33. The highest BCUT2D eigenvalue weighted by Crippen LogP contribution is 2.27. The van der Waals surface area contributed by atoms with Crippen LogP contribution in [-0.2, 0) is 9.59 Å². The van der Waals surface area contributed by atoms with Gasteiger partial charge in [-0.2, -0.15) is 0 Å². The van der Waals surface area contributed by atoms with Gasteiger partial charge < -0.3 is 10.2 Å². The van der Waals surface area contributed by atoms with E-state index in [9.17, 15) is 19.8 Å². The minimum atomic E-state index is -1.25. The summed E-state index contributed by atoms with van der Waals surface area (Å²) in [7, 11) is 0. The third kappa shape index (κ3) is 9.06. The SMILES string of the molecule is CCCCC(C)CCCCC(CCCC)C(C(=O)O)C(=O)O. The molecule has 2 N–H and O–H groups in total. The largest absolute Gasteiger partial charge is 0.481 e. The van der Waals surface area contributed by atoms with Gasteiger partial charge in [0.05, 0.1) is 0 Å². The smallest absolute Gasteiger partial charge is 0.318 e. The number of unbranched alkanes of at least 4 members (excludes halogenated alkanes) is 3. The first kappa shape index (κ1) is 20.9. The van der Waals surface area contributed by atoms with Crippen molar-refractivity contribution in [2.45, 2.75) is 85.0 Å². The van der Waals surface area contributed by atoms with Crippen molar-refractivity contribution in [3.63, 3.8) is 0 Å². The van der Waals surface area contributed by atoms with E-state index in [4.69, 9.17) is 0 Å². The Morgan fingerprint density at radius 3 is 1.68 bits per heavy atom. The van der Waals surface area contributed by atoms with Gasteiger partial charge >= 0.3 is 11.9 Å². The maximum absolute atomic E-state index is 11.2. The van der Waals surface area contributed by atoms with Crippen LogP contribution in [0.25, 0.3) is 0 Å². The zero-order chi connectivity index (χ0) is 17.0. The Morgan fingerprint density at radius 2 is 1.18 bits per heavy atom. The van der Waals surface area contributed by atoms with Gasteiger partial charge in [0.25, 0.3) is 0 Å². The second-order valence-corrected chi connectivity index (χ2v) is 6.59. The lowest BCUT2D eigenvalue weighted by molar-refractivity contribution is -0.157. The molecule has 0 aliphatic heterocycles. The molecule has 0 aromatic carbocycles. The van der Waals surface area contributed by atoms with Crippen LogP contribution < -0.4 is 0 Å². The van der Waals surface area contributed by atoms with Crippen LogP contribution in [-0.4, -0.2) is 22.2 Å². The summed E-state index contributed by atoms with van der Waals surface area (Å²) in [5, 5.41) is 18.3. The van der Waals surface area contributed by atoms with Gasteiger partial charge in [0.1, 0.15) is 0 Å². The van der Waals surface area contributed by atoms with E-state index in [0.717, 1.165) is 32.1 Å². The fraction of sp³-hybridized carbons (Fsp3) is 0.889. The lowest BCUT2D eigenvalue weighted by Crippen LogP contribution is -2.31. The number of carbonyl (C=O) groups is 2. The second kappa shape index (κ2) is 12.5. The summed E-state index contributed by atoms with van der Waals surface area (Å²) in [4.78, 5) is 22.4. The van der Waals surface area contributed by atoms with Crippen LogP contribution in [0.3, 0.4) is 0 Å². The lowest BCUT2D eigenvalue weighted by atomic mass is 9.83. The fourth-order valence-electron chi connectivity index (χ4n) is 3.05. The Morgan fingerprint density at radius 1 is 0.773 bits per heavy atom. The molecule has 0 saturated carbocycles. The van der Waals surface area contributed by atoms with Gasteiger partial charge in [-0.15, -0.1) is 0 Å². The van der Waals surface area contributed by atoms with Crippen molar-refractivity contribution in [1.82, 2.24) is 0 Å². The molecule has 0 rings (SSSR count). The van der Waals surface area contributed by atoms with Gasteiger partial charge in [-0.3, -0.25) is 9.59 Å². The number of hydrogen-bond donors (Lipinski definition) is 2. The highest BCUT2D eigenvalue weighted by atomic mass is 16.4. The molecule has 0 aliphatic rings. The van der Waals surface area contributed by atoms with Crippen LogP contribution in [0.1, 0.15) is 85.0 Å². The van der Waals surface area contributed by atoms with E-state index in [1.54, 1.807) is 0 Å². The van der Waals surface area contributed by atoms with Crippen LogP contribution in [0.15, 0.2) is 0 Å². The summed E-state index contributed by atoms with van der Waals surface area (Å²) in [6, 6.07) is 0. The third-order valence-corrected chi connectivity index (χ3v) is 4.50. The van der Waals surface area contributed by atoms with Crippen LogP contribution in [0.4, 0.5) is 0 Å². The number of rotatable bonds is 14. The summed E-state index contributed by atoms with van der Waals surface area (Å²) < 4.78 is 0. The first-order chi connectivity index (χ1) is 10.4. The predicted octanol–water partition coefficient (Wildman–Crippen LogP) is 4.96. The molecule has 0 aromatic heterocycles. The van der Waals surface area contributed by atoms with Gasteiger partial charge in [0, 0.05) is 0 Å². The number of aliphatic carboxylic acids is 2. The molecule has 0 fully saturated rings. The molecule has 0 bridgehead atoms. The maximum Gasteiger partial charge on any atom is 0.318 e. The second-order valence-electron chi connectivity index (χ2n) is 6.59. The molecular formula is C18H34O4. The van der Waals surface area contributed by atoms with E-state index in [0.29, 0.717) is 18.8 Å². The third-order valence-electron chi connectivity index (χ3n) is 4.50. The Balaban J connectivity index is 4.30. The summed E-state index contributed by atoms with van der Waals surface area (Å²) in [6.07, 6.45) is 10.2. The van der Waals surface area contributed by atoms with E-state index in [1.807, 2.05) is 6.92 Å². The minimum Gasteiger partial charge on any atom is -0.481 e. The highest BCUT2D eigenvalue weighted by molar-refractivity contribution is 5.93. The standard InChI is InChI=1S/C18H34O4/c1-4-6-10-14(3)11-8-9-13-15(12-7-5-2)16(17(19)20)18(21)22/h14-16H,4-13H2,1-3H3,(H,19,20)(H,21,22). The van der Waals surface area contributed by atoms with E-state index in [1.165, 1.54) is 19.3 Å². The van der Waals surface area contributed by atoms with Crippen LogP contribution >= 0.6 is 0 Å². The first-order valence-corrected chi connectivity index (χ1v) is 8.89. The molecule has 130 valence electrons. The Kier molecular flexibility index (Phi) is 11.9. The molecule has 4 nitrogen and oxygen atoms in total. The first-order valence-electron chi connectivity index (χ1n) is 8.89. The van der Waals surface area contributed by atoms with Crippen molar-refractivity contribution in [1.29, 1.82) is 0 Å². The Labute approximate surface area is 135 Å². The van der Waals surface area contributed by atoms with Gasteiger partial charge in [0.15, 0.2) is 5.92 Å². The van der Waals surface area contributed by atoms with E-state index in [-0.39, 0.29) is 5.92 Å². The van der Waals surface area contributed by atoms with Crippen molar-refractivity contribution in [3.05, 3.63) is 0 Å². The van der Waals surface area contributed by atoms with Gasteiger partial charge in [-0.05, 0) is 24.7 Å². The zero-order valence-corrected chi connectivity index (χ0v) is 14.5. The molecule has 0 amide bonds. The zero-order valence-electron chi connectivity index (χ0n) is 14.5. The van der Waals surface area contributed by atoms with Gasteiger partial charge in [-0.25, -0.2) is 0 Å². The molecular weight excluding hydrogens is 280 g/mol. The molecule has 0 saturated heterocycles. The van der Waals surface area contributed by atoms with E-state index >= 15 is 0 Å². The average Bonchev–Trinajstić information content (AvgIpc) is 2.45. The number of carboxylic acids is 2. The molecule has 0 aliphatic carbocycles. The number of hydrogen-bond acceptors (Lipinski definition) is 2. The van der Waals surface area contributed by atoms with E-state index < -0.39 is 17.9 Å². The molecule has 2 unspecified atom stereocenters. The normalized spacial score (nSPS) is 14.0. The van der Waals surface area contributed by atoms with Crippen LogP contribution in [0, 0.1) is 17.8 Å². The van der Waals surface area contributed by atoms with Crippen molar-refractivity contribution >= 4 is 11.9 Å². The summed E-state index contributed by atoms with van der Waals surface area (Å²) in [5.74, 6) is -3.15. The fourth-order valence-corrected chi connectivity index (χ4v) is 3.05. The van der Waals surface area contributed by atoms with Crippen molar-refractivity contribution in [2.24, 2.45) is 17.8 Å². The van der Waals surface area contributed by atoms with Crippen LogP contribution in [0.2, 0.25) is 0 Å². The Hall–Kier alpha value is -1.06. The van der Waals surface area contributed by atoms with Crippen molar-refractivity contribution < 1.29 is 19.8 Å². The Bertz CT molecular complexity index is 300. The maximum atomic E-state index is 11.2. The quantitative estimate of drug-likeness (QED) is 0.351. The molecule has 2 atom stereocenters. The van der Waals surface area contributed by atoms with Gasteiger partial charge in [-0.1, -0.05) is 72.1 Å². The average molecular weight is 314 g/mol.